The number of piperazine rings is 1. The fourth-order valence-corrected chi connectivity index (χ4v) is 12.1. The Morgan fingerprint density at radius 3 is 2.65 bits per heavy atom. The number of phenols is 1. The van der Waals surface area contributed by atoms with Gasteiger partial charge in [0, 0.05) is 58.5 Å². The molecule has 3 N–H and O–H groups in total. The molecule has 288 valence electrons. The number of nitrogens with one attached hydrogen (secondary N) is 1. The molecule has 11 rings (SSSR count). The molecule has 0 saturated carbocycles. The second-order valence-corrected chi connectivity index (χ2v) is 16.8. The number of hydrogen-bond acceptors (Lipinski definition) is 14. The average Bonchev–Trinajstić information content (AvgIpc) is 3.79. The number of nitrogens with zero attached hydrogens (tertiary/aromatic N) is 2. The lowest BCUT2D eigenvalue weighted by Crippen LogP contribution is -2.70. The Labute approximate surface area is 321 Å². The minimum Gasteiger partial charge on any atom is -0.504 e. The molecule has 4 bridgehead atoms. The van der Waals surface area contributed by atoms with E-state index in [0.29, 0.717) is 70.4 Å². The van der Waals surface area contributed by atoms with Crippen LogP contribution in [0.4, 0.5) is 0 Å². The van der Waals surface area contributed by atoms with Crippen molar-refractivity contribution in [3.05, 3.63) is 74.5 Å². The second kappa shape index (κ2) is 12.3. The molecule has 7 aliphatic heterocycles. The quantitative estimate of drug-likeness (QED) is 0.190. The number of aryl methyl sites for hydroxylation is 2. The maximum Gasteiger partial charge on any atom is 0.335 e. The summed E-state index contributed by atoms with van der Waals surface area (Å²) in [5.74, 6) is 1.47. The third kappa shape index (κ3) is 4.69. The van der Waals surface area contributed by atoms with Crippen LogP contribution in [0.25, 0.3) is 11.0 Å². The Hall–Kier alpha value is -4.47. The highest BCUT2D eigenvalue weighted by Gasteiger charge is 2.62. The summed E-state index contributed by atoms with van der Waals surface area (Å²) in [4.78, 5) is 31.9. The van der Waals surface area contributed by atoms with E-state index in [1.165, 1.54) is 18.7 Å². The van der Waals surface area contributed by atoms with Crippen molar-refractivity contribution in [2.24, 2.45) is 0 Å². The van der Waals surface area contributed by atoms with Crippen LogP contribution < -0.4 is 24.3 Å². The first-order valence-corrected chi connectivity index (χ1v) is 19.8. The average molecular weight is 770 g/mol. The number of thioether (sulfide) groups is 1. The molecular formula is C41H43N3O10S. The fraction of sp³-hybridized carbons (Fsp3) is 0.463. The van der Waals surface area contributed by atoms with Gasteiger partial charge in [0.25, 0.3) is 0 Å². The van der Waals surface area contributed by atoms with Crippen LogP contribution in [-0.4, -0.2) is 90.1 Å². The topological polar surface area (TPSA) is 152 Å². The van der Waals surface area contributed by atoms with E-state index in [9.17, 15) is 19.8 Å². The van der Waals surface area contributed by atoms with Crippen LogP contribution in [0.15, 0.2) is 28.7 Å². The molecule has 13 nitrogen and oxygen atoms in total. The number of methoxy groups -OCH3 is 1. The molecule has 14 heteroatoms. The molecule has 2 saturated heterocycles. The van der Waals surface area contributed by atoms with Gasteiger partial charge in [-0.1, -0.05) is 17.7 Å². The van der Waals surface area contributed by atoms with E-state index in [1.54, 1.807) is 7.11 Å². The van der Waals surface area contributed by atoms with Crippen molar-refractivity contribution in [3.63, 3.8) is 0 Å². The Bertz CT molecular complexity index is 2340. The standard InChI is InChI=1S/C41H43N3O10S/c1-17-7-8-26-23(11-17)22-9-10-42-41(38(22)54-26)15-55-37-29-28(36-35(51-16-52-36)19(3)34(29)53-20(4)45)25(14-50-40(41)48)44-31(37)30-27-21(13-24(39(44)47)43(30)5)12-18(2)33(49-6)32(27)46/h7-8,11-12,24-25,30-31,37,39,42,46-47H,9-10,13-16H2,1-6H3/t24-,25-,30+,31+,37+,39-,41+/m0/s1. The first kappa shape index (κ1) is 35.0. The van der Waals surface area contributed by atoms with Gasteiger partial charge in [-0.2, -0.15) is 0 Å². The van der Waals surface area contributed by atoms with Gasteiger partial charge in [-0.15, -0.1) is 11.8 Å². The zero-order valence-corrected chi connectivity index (χ0v) is 32.3. The number of phenolic OH excluding ortho intramolecular Hbond substituents is 1. The van der Waals surface area contributed by atoms with Crippen LogP contribution in [0.3, 0.4) is 0 Å². The molecule has 2 fully saturated rings. The minimum atomic E-state index is -1.35. The number of furan rings is 1. The molecule has 3 aromatic carbocycles. The SMILES string of the molecule is COc1c(C)cc2c(c1O)[C@@H]1[C@@H]3[C@@H]4SC[C@]5(NCCc6c5oc5ccc(C)cc65)C(=O)OC[C@@H](c5c6c(c(C)c(OC(C)=O)c54)OCO6)N3[C@@H](O)[C@H](C2)N1C. The number of fused-ring (bicyclic) bond motifs is 11. The van der Waals surface area contributed by atoms with Crippen molar-refractivity contribution < 1.29 is 47.9 Å². The molecule has 7 atom stereocenters. The van der Waals surface area contributed by atoms with E-state index >= 15 is 0 Å². The van der Waals surface area contributed by atoms with Crippen LogP contribution in [0.5, 0.6) is 28.7 Å². The molecule has 4 aromatic rings. The Morgan fingerprint density at radius 1 is 1.07 bits per heavy atom. The maximum atomic E-state index is 14.8. The van der Waals surface area contributed by atoms with Crippen molar-refractivity contribution in [3.8, 4) is 28.7 Å². The number of carbonyl (C=O) groups excluding carboxylic acids is 2. The van der Waals surface area contributed by atoms with E-state index in [0.717, 1.165) is 33.2 Å². The molecule has 0 aliphatic carbocycles. The molecular weight excluding hydrogens is 727 g/mol. The lowest BCUT2D eigenvalue weighted by Gasteiger charge is -2.62. The Kier molecular flexibility index (Phi) is 7.80. The van der Waals surface area contributed by atoms with E-state index in [2.05, 4.69) is 16.3 Å². The highest BCUT2D eigenvalue weighted by Crippen LogP contribution is 2.64. The minimum absolute atomic E-state index is 0.0435. The summed E-state index contributed by atoms with van der Waals surface area (Å²) in [5, 5.41) is 28.6. The number of likely N-dealkylation sites (N-methyl/N-ethyl adjacent to an activating group) is 1. The number of benzene rings is 3. The van der Waals surface area contributed by atoms with E-state index in [1.807, 2.05) is 50.9 Å². The van der Waals surface area contributed by atoms with Crippen molar-refractivity contribution in [1.29, 1.82) is 0 Å². The molecule has 1 aromatic heterocycles. The molecule has 0 radical (unpaired) electrons. The molecule has 55 heavy (non-hydrogen) atoms. The number of aliphatic hydroxyl groups is 1. The molecule has 7 aliphatic rings. The van der Waals surface area contributed by atoms with Gasteiger partial charge in [-0.05, 0) is 63.9 Å². The zero-order chi connectivity index (χ0) is 38.2. The van der Waals surface area contributed by atoms with Crippen molar-refractivity contribution in [1.82, 2.24) is 15.1 Å². The summed E-state index contributed by atoms with van der Waals surface area (Å²) in [7, 11) is 3.53. The number of rotatable bonds is 2. The van der Waals surface area contributed by atoms with E-state index < -0.39 is 47.1 Å². The summed E-state index contributed by atoms with van der Waals surface area (Å²) in [6.07, 6.45) is 0.119. The van der Waals surface area contributed by atoms with Gasteiger partial charge in [0.2, 0.25) is 6.79 Å². The smallest absolute Gasteiger partial charge is 0.335 e. The van der Waals surface area contributed by atoms with Crippen molar-refractivity contribution in [2.45, 2.75) is 81.7 Å². The summed E-state index contributed by atoms with van der Waals surface area (Å²) in [6.45, 7) is 7.48. The first-order valence-electron chi connectivity index (χ1n) is 18.7. The molecule has 0 amide bonds. The fourth-order valence-electron chi connectivity index (χ4n) is 10.4. The highest BCUT2D eigenvalue weighted by molar-refractivity contribution is 7.99. The van der Waals surface area contributed by atoms with Crippen LogP contribution in [-0.2, 0) is 32.7 Å². The summed E-state index contributed by atoms with van der Waals surface area (Å²) >= 11 is 1.51. The molecule has 0 unspecified atom stereocenters. The number of aromatic hydroxyl groups is 1. The third-order valence-corrected chi connectivity index (χ3v) is 14.2. The van der Waals surface area contributed by atoms with Gasteiger partial charge in [0.15, 0.2) is 28.5 Å². The van der Waals surface area contributed by atoms with E-state index in [-0.39, 0.29) is 30.9 Å². The van der Waals surface area contributed by atoms with Crippen LogP contribution in [0.1, 0.15) is 74.5 Å². The van der Waals surface area contributed by atoms with Gasteiger partial charge in [-0.3, -0.25) is 19.9 Å². The van der Waals surface area contributed by atoms with Gasteiger partial charge in [0.05, 0.1) is 30.5 Å². The number of hydrogen-bond donors (Lipinski definition) is 3. The van der Waals surface area contributed by atoms with Gasteiger partial charge >= 0.3 is 11.9 Å². The normalized spacial score (nSPS) is 29.3. The maximum absolute atomic E-state index is 14.8. The second-order valence-electron chi connectivity index (χ2n) is 15.7. The predicted octanol–water partition coefficient (Wildman–Crippen LogP) is 4.75. The predicted molar refractivity (Wildman–Crippen MR) is 201 cm³/mol. The summed E-state index contributed by atoms with van der Waals surface area (Å²) in [5.41, 5.74) is 5.84. The monoisotopic (exact) mass is 769 g/mol. The van der Waals surface area contributed by atoms with Gasteiger partial charge in [0.1, 0.15) is 29.9 Å². The van der Waals surface area contributed by atoms with Crippen LogP contribution >= 0.6 is 11.8 Å². The molecule has 1 spiro atoms. The first-order chi connectivity index (χ1) is 26.4. The van der Waals surface area contributed by atoms with Crippen LogP contribution in [0, 0.1) is 20.8 Å². The lowest BCUT2D eigenvalue weighted by molar-refractivity contribution is -0.186. The summed E-state index contributed by atoms with van der Waals surface area (Å²) < 4.78 is 37.2. The number of ether oxygens (including phenoxy) is 5. The zero-order valence-electron chi connectivity index (χ0n) is 31.5. The Morgan fingerprint density at radius 2 is 1.87 bits per heavy atom. The molecule has 8 heterocycles. The van der Waals surface area contributed by atoms with Gasteiger partial charge < -0.3 is 38.3 Å². The Balaban J connectivity index is 1.24. The van der Waals surface area contributed by atoms with Crippen molar-refractivity contribution in [2.75, 3.05) is 39.9 Å². The van der Waals surface area contributed by atoms with E-state index in [4.69, 9.17) is 28.1 Å². The number of carbonyl (C=O) groups is 2. The number of esters is 2. The largest absolute Gasteiger partial charge is 0.504 e. The van der Waals surface area contributed by atoms with Crippen LogP contribution in [0.2, 0.25) is 0 Å². The highest BCUT2D eigenvalue weighted by atomic mass is 32.2. The third-order valence-electron chi connectivity index (χ3n) is 12.7. The summed E-state index contributed by atoms with van der Waals surface area (Å²) in [6, 6.07) is 5.95. The van der Waals surface area contributed by atoms with Crippen molar-refractivity contribution >= 4 is 34.7 Å². The lowest BCUT2D eigenvalue weighted by atomic mass is 9.73. The van der Waals surface area contributed by atoms with Gasteiger partial charge in [-0.25, -0.2) is 4.79 Å². The number of aliphatic hydroxyl groups excluding tert-OH is 1.